The quantitative estimate of drug-likeness (QED) is 0.567. The molecular formula is C20H25N5OS2. The van der Waals surface area contributed by atoms with Gasteiger partial charge in [-0.1, -0.05) is 43.4 Å². The van der Waals surface area contributed by atoms with E-state index in [-0.39, 0.29) is 12.6 Å². The fourth-order valence-corrected chi connectivity index (χ4v) is 4.91. The van der Waals surface area contributed by atoms with Crippen molar-refractivity contribution in [3.05, 3.63) is 52.2 Å². The Balaban J connectivity index is 1.78. The number of thiazole rings is 1. The molecule has 0 aliphatic carbocycles. The largest absolute Gasteiger partial charge is 0.394 e. The number of fused-ring (bicyclic) bond motifs is 1. The summed E-state index contributed by atoms with van der Waals surface area (Å²) in [5, 5.41) is 23.1. The van der Waals surface area contributed by atoms with E-state index in [2.05, 4.69) is 40.7 Å². The summed E-state index contributed by atoms with van der Waals surface area (Å²) in [4.78, 5) is 5.52. The molecule has 1 aromatic carbocycles. The van der Waals surface area contributed by atoms with Crippen LogP contribution in [0.1, 0.15) is 42.0 Å². The molecule has 0 unspecified atom stereocenters. The van der Waals surface area contributed by atoms with Crippen LogP contribution >= 0.6 is 23.3 Å². The molecule has 148 valence electrons. The van der Waals surface area contributed by atoms with Crippen molar-refractivity contribution in [3.63, 3.8) is 0 Å². The number of anilines is 1. The van der Waals surface area contributed by atoms with E-state index in [0.717, 1.165) is 28.3 Å². The van der Waals surface area contributed by atoms with Gasteiger partial charge in [0.2, 0.25) is 0 Å². The van der Waals surface area contributed by atoms with Gasteiger partial charge in [0.1, 0.15) is 0 Å². The first-order valence-electron chi connectivity index (χ1n) is 9.22. The number of aromatic nitrogens is 1. The highest BCUT2D eigenvalue weighted by molar-refractivity contribution is 7.96. The van der Waals surface area contributed by atoms with Crippen molar-refractivity contribution in [2.24, 2.45) is 5.92 Å². The van der Waals surface area contributed by atoms with Crippen LogP contribution in [0.4, 0.5) is 5.13 Å². The van der Waals surface area contributed by atoms with E-state index >= 15 is 0 Å². The molecule has 2 heterocycles. The van der Waals surface area contributed by atoms with Gasteiger partial charge in [0.25, 0.3) is 0 Å². The Labute approximate surface area is 174 Å². The number of hydrogen-bond acceptors (Lipinski definition) is 8. The van der Waals surface area contributed by atoms with Crippen LogP contribution in [0.3, 0.4) is 0 Å². The second kappa shape index (κ2) is 9.32. The fraction of sp³-hybridized carbons (Fsp3) is 0.400. The Morgan fingerprint density at radius 3 is 2.93 bits per heavy atom. The highest BCUT2D eigenvalue weighted by Crippen LogP contribution is 2.35. The van der Waals surface area contributed by atoms with Crippen LogP contribution < -0.4 is 11.1 Å². The van der Waals surface area contributed by atoms with E-state index in [1.807, 2.05) is 24.3 Å². The predicted octanol–water partition coefficient (Wildman–Crippen LogP) is 3.56. The highest BCUT2D eigenvalue weighted by Gasteiger charge is 2.24. The van der Waals surface area contributed by atoms with Crippen molar-refractivity contribution >= 4 is 34.1 Å². The molecule has 8 heteroatoms. The number of nitrogens with zero attached hydrogens (tertiary/aromatic N) is 3. The number of nitriles is 1. The first-order valence-corrected chi connectivity index (χ1v) is 11.0. The Morgan fingerprint density at radius 2 is 2.21 bits per heavy atom. The van der Waals surface area contributed by atoms with Crippen LogP contribution in [0.15, 0.2) is 30.5 Å². The van der Waals surface area contributed by atoms with Crippen LogP contribution in [0, 0.1) is 17.2 Å². The first-order chi connectivity index (χ1) is 13.5. The molecule has 0 fully saturated rings. The molecule has 0 radical (unpaired) electrons. The number of benzene rings is 1. The van der Waals surface area contributed by atoms with Crippen molar-refractivity contribution in [2.75, 3.05) is 12.3 Å². The monoisotopic (exact) mass is 415 g/mol. The van der Waals surface area contributed by atoms with Crippen LogP contribution in [0.25, 0.3) is 5.70 Å². The Hall–Kier alpha value is -2.21. The van der Waals surface area contributed by atoms with E-state index < -0.39 is 0 Å². The normalized spacial score (nSPS) is 14.4. The topological polar surface area (TPSA) is 98.2 Å². The van der Waals surface area contributed by atoms with Gasteiger partial charge in [-0.3, -0.25) is 0 Å². The van der Waals surface area contributed by atoms with Gasteiger partial charge in [-0.2, -0.15) is 5.26 Å². The van der Waals surface area contributed by atoms with Gasteiger partial charge < -0.3 is 20.5 Å². The molecule has 3 rings (SSSR count). The second-order valence-corrected chi connectivity index (χ2v) is 9.19. The van der Waals surface area contributed by atoms with E-state index in [0.29, 0.717) is 28.9 Å². The standard InChI is InChI=1S/C20H25N5OS2/c1-13(2)7-16(11-26)23-17-9-25(10-18-19(17)28-20(22)24-18)27-12-15-6-4-3-5-14(15)8-21/h3-6,9,13,16,23,26H,7,10-12H2,1-2H3,(H2,22,24)/t16-/m1/s1. The molecule has 0 saturated heterocycles. The zero-order valence-electron chi connectivity index (χ0n) is 16.1. The molecule has 0 bridgehead atoms. The smallest absolute Gasteiger partial charge is 0.180 e. The fourth-order valence-electron chi connectivity index (χ4n) is 3.15. The lowest BCUT2D eigenvalue weighted by Gasteiger charge is -2.28. The molecule has 1 aliphatic heterocycles. The van der Waals surface area contributed by atoms with E-state index in [9.17, 15) is 10.4 Å². The predicted molar refractivity (Wildman–Crippen MR) is 116 cm³/mol. The summed E-state index contributed by atoms with van der Waals surface area (Å²) >= 11 is 3.10. The molecule has 0 amide bonds. The number of rotatable bonds is 8. The number of hydrogen-bond donors (Lipinski definition) is 3. The molecule has 28 heavy (non-hydrogen) atoms. The van der Waals surface area contributed by atoms with E-state index in [1.54, 1.807) is 11.9 Å². The minimum absolute atomic E-state index is 0.0216. The van der Waals surface area contributed by atoms with Gasteiger partial charge in [-0.15, -0.1) is 0 Å². The third-order valence-corrected chi connectivity index (χ3v) is 6.36. The maximum atomic E-state index is 9.76. The minimum Gasteiger partial charge on any atom is -0.394 e. The maximum absolute atomic E-state index is 9.76. The minimum atomic E-state index is -0.0216. The summed E-state index contributed by atoms with van der Waals surface area (Å²) in [6.07, 6.45) is 2.93. The van der Waals surface area contributed by atoms with Gasteiger partial charge in [0.15, 0.2) is 5.13 Å². The number of nitrogen functional groups attached to an aromatic ring is 1. The molecule has 0 saturated carbocycles. The van der Waals surface area contributed by atoms with Crippen LogP contribution in [0.5, 0.6) is 0 Å². The highest BCUT2D eigenvalue weighted by atomic mass is 32.2. The van der Waals surface area contributed by atoms with Gasteiger partial charge in [-0.05, 0) is 35.9 Å². The van der Waals surface area contributed by atoms with Crippen molar-refractivity contribution in [1.29, 1.82) is 5.26 Å². The number of aliphatic hydroxyl groups is 1. The summed E-state index contributed by atoms with van der Waals surface area (Å²) in [7, 11) is 0. The molecule has 6 nitrogen and oxygen atoms in total. The average Bonchev–Trinajstić information content (AvgIpc) is 3.06. The lowest BCUT2D eigenvalue weighted by Crippen LogP contribution is -2.34. The van der Waals surface area contributed by atoms with Gasteiger partial charge >= 0.3 is 0 Å². The van der Waals surface area contributed by atoms with Crippen LogP contribution in [-0.4, -0.2) is 27.0 Å². The molecule has 1 aliphatic rings. The van der Waals surface area contributed by atoms with Crippen molar-refractivity contribution in [2.45, 2.75) is 38.6 Å². The van der Waals surface area contributed by atoms with Gasteiger partial charge in [0, 0.05) is 18.0 Å². The SMILES string of the molecule is CC(C)C[C@H](CO)NC1=CN(SCc2ccccc2C#N)Cc2nc(N)sc21. The number of nitrogens with one attached hydrogen (secondary N) is 1. The Bertz CT molecular complexity index is 887. The molecule has 1 aromatic heterocycles. The number of nitrogens with two attached hydrogens (primary N) is 1. The molecule has 2 aromatic rings. The third kappa shape index (κ3) is 4.98. The molecule has 1 atom stereocenters. The third-order valence-electron chi connectivity index (χ3n) is 4.40. The molecular weight excluding hydrogens is 390 g/mol. The summed E-state index contributed by atoms with van der Waals surface area (Å²) in [5.41, 5.74) is 9.54. The first kappa shape index (κ1) is 20.5. The Morgan fingerprint density at radius 1 is 1.43 bits per heavy atom. The van der Waals surface area contributed by atoms with Crippen LogP contribution in [0.2, 0.25) is 0 Å². The maximum Gasteiger partial charge on any atom is 0.180 e. The lowest BCUT2D eigenvalue weighted by molar-refractivity contribution is 0.236. The van der Waals surface area contributed by atoms with Gasteiger partial charge in [0.05, 0.1) is 41.1 Å². The summed E-state index contributed by atoms with van der Waals surface area (Å²) < 4.78 is 2.11. The zero-order chi connectivity index (χ0) is 20.1. The van der Waals surface area contributed by atoms with Gasteiger partial charge in [-0.25, -0.2) is 4.98 Å². The zero-order valence-corrected chi connectivity index (χ0v) is 17.7. The average molecular weight is 416 g/mol. The second-order valence-electron chi connectivity index (χ2n) is 7.14. The van der Waals surface area contributed by atoms with Crippen molar-refractivity contribution in [3.8, 4) is 6.07 Å². The Kier molecular flexibility index (Phi) is 6.83. The molecule has 0 spiro atoms. The lowest BCUT2D eigenvalue weighted by atomic mass is 10.0. The number of aliphatic hydroxyl groups excluding tert-OH is 1. The summed E-state index contributed by atoms with van der Waals surface area (Å²) in [6.45, 7) is 5.01. The summed E-state index contributed by atoms with van der Waals surface area (Å²) in [6, 6.07) is 9.88. The van der Waals surface area contributed by atoms with Crippen molar-refractivity contribution < 1.29 is 5.11 Å². The summed E-state index contributed by atoms with van der Waals surface area (Å²) in [5.74, 6) is 1.17. The van der Waals surface area contributed by atoms with E-state index in [1.165, 1.54) is 11.3 Å². The molecule has 4 N–H and O–H groups in total. The van der Waals surface area contributed by atoms with Crippen LogP contribution in [-0.2, 0) is 12.3 Å². The van der Waals surface area contributed by atoms with E-state index in [4.69, 9.17) is 5.73 Å². The van der Waals surface area contributed by atoms with Crippen molar-refractivity contribution in [1.82, 2.24) is 14.6 Å².